The first-order valence-electron chi connectivity index (χ1n) is 7.04. The minimum Gasteiger partial charge on any atom is -0.309 e. The van der Waals surface area contributed by atoms with E-state index < -0.39 is 0 Å². The number of nitrogens with zero attached hydrogens (tertiary/aromatic N) is 1. The van der Waals surface area contributed by atoms with Crippen LogP contribution in [0.15, 0.2) is 18.2 Å². The van der Waals surface area contributed by atoms with Gasteiger partial charge in [0.2, 0.25) is 0 Å². The smallest absolute Gasteiger partial charge is 0.0639 e. The first kappa shape index (κ1) is 15.1. The van der Waals surface area contributed by atoms with Gasteiger partial charge in [-0.05, 0) is 44.5 Å². The Bertz CT molecular complexity index is 423. The second-order valence-electron chi connectivity index (χ2n) is 5.20. The molecule has 0 spiro atoms. The maximum absolute atomic E-state index is 6.26. The molecule has 106 valence electrons. The second kappa shape index (κ2) is 6.94. The SMILES string of the molecule is CCN1CCCC1CNC(C)c1cccc(Cl)c1Cl. The molecule has 1 aromatic carbocycles. The van der Waals surface area contributed by atoms with Gasteiger partial charge in [0.15, 0.2) is 0 Å². The van der Waals surface area contributed by atoms with Crippen LogP contribution in [0.1, 0.15) is 38.3 Å². The van der Waals surface area contributed by atoms with E-state index in [2.05, 4.69) is 24.1 Å². The zero-order valence-electron chi connectivity index (χ0n) is 11.6. The quantitative estimate of drug-likeness (QED) is 0.879. The molecule has 2 nitrogen and oxygen atoms in total. The minimum absolute atomic E-state index is 0.227. The van der Waals surface area contributed by atoms with E-state index in [1.807, 2.05) is 18.2 Å². The van der Waals surface area contributed by atoms with E-state index in [0.29, 0.717) is 16.1 Å². The fourth-order valence-corrected chi connectivity index (χ4v) is 3.29. The average Bonchev–Trinajstić information content (AvgIpc) is 2.86. The van der Waals surface area contributed by atoms with Crippen molar-refractivity contribution in [3.8, 4) is 0 Å². The number of benzene rings is 1. The molecule has 1 fully saturated rings. The van der Waals surface area contributed by atoms with Crippen LogP contribution in [0.3, 0.4) is 0 Å². The van der Waals surface area contributed by atoms with Gasteiger partial charge in [-0.1, -0.05) is 42.3 Å². The summed E-state index contributed by atoms with van der Waals surface area (Å²) in [4.78, 5) is 2.54. The Kier molecular flexibility index (Phi) is 5.52. The van der Waals surface area contributed by atoms with Crippen LogP contribution in [0.4, 0.5) is 0 Å². The van der Waals surface area contributed by atoms with Crippen molar-refractivity contribution in [1.29, 1.82) is 0 Å². The van der Waals surface area contributed by atoms with Gasteiger partial charge in [-0.25, -0.2) is 0 Å². The number of halogens is 2. The summed E-state index contributed by atoms with van der Waals surface area (Å²) in [7, 11) is 0. The van der Waals surface area contributed by atoms with Crippen molar-refractivity contribution in [2.45, 2.75) is 38.8 Å². The fraction of sp³-hybridized carbons (Fsp3) is 0.600. The topological polar surface area (TPSA) is 15.3 Å². The van der Waals surface area contributed by atoms with Crippen molar-refractivity contribution in [3.05, 3.63) is 33.8 Å². The Morgan fingerprint density at radius 3 is 2.95 bits per heavy atom. The van der Waals surface area contributed by atoms with Gasteiger partial charge in [-0.15, -0.1) is 0 Å². The molecule has 0 amide bonds. The Morgan fingerprint density at radius 2 is 2.21 bits per heavy atom. The van der Waals surface area contributed by atoms with Crippen LogP contribution in [0.2, 0.25) is 10.0 Å². The molecule has 1 N–H and O–H groups in total. The van der Waals surface area contributed by atoms with E-state index >= 15 is 0 Å². The minimum atomic E-state index is 0.227. The molecule has 0 radical (unpaired) electrons. The number of hydrogen-bond acceptors (Lipinski definition) is 2. The molecule has 2 unspecified atom stereocenters. The molecular formula is C15H22Cl2N2. The van der Waals surface area contributed by atoms with Gasteiger partial charge in [0.1, 0.15) is 0 Å². The van der Waals surface area contributed by atoms with Crippen molar-refractivity contribution in [3.63, 3.8) is 0 Å². The molecule has 0 aromatic heterocycles. The van der Waals surface area contributed by atoms with Crippen LogP contribution in [0.5, 0.6) is 0 Å². The summed E-state index contributed by atoms with van der Waals surface area (Å²) < 4.78 is 0. The number of likely N-dealkylation sites (tertiary alicyclic amines) is 1. The Hall–Kier alpha value is -0.280. The summed E-state index contributed by atoms with van der Waals surface area (Å²) in [6.45, 7) is 7.75. The predicted octanol–water partition coefficient (Wildman–Crippen LogP) is 4.13. The molecule has 1 aliphatic rings. The third-order valence-electron chi connectivity index (χ3n) is 4.01. The number of hydrogen-bond donors (Lipinski definition) is 1. The Morgan fingerprint density at radius 1 is 1.42 bits per heavy atom. The van der Waals surface area contributed by atoms with Crippen molar-refractivity contribution < 1.29 is 0 Å². The van der Waals surface area contributed by atoms with E-state index in [1.165, 1.54) is 19.4 Å². The highest BCUT2D eigenvalue weighted by molar-refractivity contribution is 6.42. The van der Waals surface area contributed by atoms with E-state index in [-0.39, 0.29) is 6.04 Å². The van der Waals surface area contributed by atoms with Gasteiger partial charge in [-0.2, -0.15) is 0 Å². The molecule has 0 saturated carbocycles. The molecule has 2 rings (SSSR count). The molecule has 2 atom stereocenters. The van der Waals surface area contributed by atoms with Gasteiger partial charge in [0, 0.05) is 18.6 Å². The summed E-state index contributed by atoms with van der Waals surface area (Å²) in [5.74, 6) is 0. The van der Waals surface area contributed by atoms with Gasteiger partial charge in [-0.3, -0.25) is 4.90 Å². The maximum atomic E-state index is 6.26. The first-order chi connectivity index (χ1) is 9.13. The summed E-state index contributed by atoms with van der Waals surface area (Å²) in [6.07, 6.45) is 2.60. The lowest BCUT2D eigenvalue weighted by Crippen LogP contribution is -2.38. The van der Waals surface area contributed by atoms with Gasteiger partial charge >= 0.3 is 0 Å². The highest BCUT2D eigenvalue weighted by Crippen LogP contribution is 2.29. The van der Waals surface area contributed by atoms with Crippen LogP contribution >= 0.6 is 23.2 Å². The van der Waals surface area contributed by atoms with E-state index in [4.69, 9.17) is 23.2 Å². The van der Waals surface area contributed by atoms with Crippen LogP contribution in [-0.4, -0.2) is 30.6 Å². The highest BCUT2D eigenvalue weighted by Gasteiger charge is 2.23. The van der Waals surface area contributed by atoms with Crippen molar-refractivity contribution in [1.82, 2.24) is 10.2 Å². The van der Waals surface area contributed by atoms with Gasteiger partial charge in [0.25, 0.3) is 0 Å². The lowest BCUT2D eigenvalue weighted by atomic mass is 10.1. The predicted molar refractivity (Wildman–Crippen MR) is 83.1 cm³/mol. The van der Waals surface area contributed by atoms with Crippen molar-refractivity contribution in [2.75, 3.05) is 19.6 Å². The van der Waals surface area contributed by atoms with E-state index in [9.17, 15) is 0 Å². The largest absolute Gasteiger partial charge is 0.309 e. The number of nitrogens with one attached hydrogen (secondary N) is 1. The van der Waals surface area contributed by atoms with Crippen LogP contribution in [0, 0.1) is 0 Å². The zero-order chi connectivity index (χ0) is 13.8. The van der Waals surface area contributed by atoms with E-state index in [1.54, 1.807) is 0 Å². The maximum Gasteiger partial charge on any atom is 0.0639 e. The van der Waals surface area contributed by atoms with Gasteiger partial charge < -0.3 is 5.32 Å². The van der Waals surface area contributed by atoms with Gasteiger partial charge in [0.05, 0.1) is 10.0 Å². The highest BCUT2D eigenvalue weighted by atomic mass is 35.5. The Balaban J connectivity index is 1.94. The number of rotatable bonds is 5. The molecule has 1 aromatic rings. The molecule has 0 bridgehead atoms. The standard InChI is InChI=1S/C15H22Cl2N2/c1-3-19-9-5-6-12(19)10-18-11(2)13-7-4-8-14(16)15(13)17/h4,7-8,11-12,18H,3,5-6,9-10H2,1-2H3. The average molecular weight is 301 g/mol. The molecular weight excluding hydrogens is 279 g/mol. The van der Waals surface area contributed by atoms with Crippen LogP contribution in [-0.2, 0) is 0 Å². The number of likely N-dealkylation sites (N-methyl/N-ethyl adjacent to an activating group) is 1. The van der Waals surface area contributed by atoms with Crippen LogP contribution in [0.25, 0.3) is 0 Å². The van der Waals surface area contributed by atoms with Crippen molar-refractivity contribution >= 4 is 23.2 Å². The summed E-state index contributed by atoms with van der Waals surface area (Å²) >= 11 is 12.3. The molecule has 1 saturated heterocycles. The third kappa shape index (κ3) is 3.63. The summed E-state index contributed by atoms with van der Waals surface area (Å²) in [5, 5.41) is 4.89. The fourth-order valence-electron chi connectivity index (χ4n) is 2.82. The molecule has 0 aliphatic carbocycles. The second-order valence-corrected chi connectivity index (χ2v) is 5.98. The lowest BCUT2D eigenvalue weighted by Gasteiger charge is -2.25. The monoisotopic (exact) mass is 300 g/mol. The first-order valence-corrected chi connectivity index (χ1v) is 7.80. The Labute approximate surface area is 126 Å². The molecule has 1 heterocycles. The summed E-state index contributed by atoms with van der Waals surface area (Å²) in [5.41, 5.74) is 1.08. The zero-order valence-corrected chi connectivity index (χ0v) is 13.1. The van der Waals surface area contributed by atoms with Crippen LogP contribution < -0.4 is 5.32 Å². The summed E-state index contributed by atoms with van der Waals surface area (Å²) in [6, 6.07) is 6.71. The normalized spacial score (nSPS) is 21.8. The van der Waals surface area contributed by atoms with E-state index in [0.717, 1.165) is 18.7 Å². The molecule has 1 aliphatic heterocycles. The molecule has 4 heteroatoms. The van der Waals surface area contributed by atoms with Crippen molar-refractivity contribution in [2.24, 2.45) is 0 Å². The molecule has 19 heavy (non-hydrogen) atoms. The third-order valence-corrected chi connectivity index (χ3v) is 4.85. The lowest BCUT2D eigenvalue weighted by molar-refractivity contribution is 0.255.